The highest BCUT2D eigenvalue weighted by atomic mass is 16.5. The Morgan fingerprint density at radius 1 is 1.59 bits per heavy atom. The second-order valence-electron chi connectivity index (χ2n) is 3.99. The van der Waals surface area contributed by atoms with Crippen LogP contribution < -0.4 is 15.4 Å². The average Bonchev–Trinajstić information content (AvgIpc) is 2.35. The van der Waals surface area contributed by atoms with Gasteiger partial charge in [0.25, 0.3) is 5.91 Å². The molecule has 0 saturated carbocycles. The molecule has 17 heavy (non-hydrogen) atoms. The lowest BCUT2D eigenvalue weighted by atomic mass is 10.1. The van der Waals surface area contributed by atoms with Crippen LogP contribution in [-0.2, 0) is 4.79 Å². The number of carbonyl (C=O) groups is 1. The first-order valence-electron chi connectivity index (χ1n) is 5.61. The van der Waals surface area contributed by atoms with Gasteiger partial charge in [0.2, 0.25) is 0 Å². The summed E-state index contributed by atoms with van der Waals surface area (Å²) in [6.07, 6.45) is 0. The summed E-state index contributed by atoms with van der Waals surface area (Å²) in [5.41, 5.74) is 1.75. The van der Waals surface area contributed by atoms with E-state index < -0.39 is 0 Å². The summed E-state index contributed by atoms with van der Waals surface area (Å²) in [7, 11) is 0. The third-order valence-corrected chi connectivity index (χ3v) is 2.70. The van der Waals surface area contributed by atoms with Crippen LogP contribution in [0.1, 0.15) is 18.5 Å². The van der Waals surface area contributed by atoms with Crippen molar-refractivity contribution in [1.82, 2.24) is 5.32 Å². The normalized spacial score (nSPS) is 15.8. The van der Waals surface area contributed by atoms with E-state index in [4.69, 9.17) is 9.84 Å². The molecule has 0 aliphatic carbocycles. The van der Waals surface area contributed by atoms with E-state index in [2.05, 4.69) is 10.6 Å². The molecule has 0 aromatic heterocycles. The molecule has 1 heterocycles. The number of amides is 1. The van der Waals surface area contributed by atoms with Crippen LogP contribution >= 0.6 is 0 Å². The number of aliphatic hydroxyl groups is 1. The first-order valence-corrected chi connectivity index (χ1v) is 5.61. The SMILES string of the molecule is CC(NCCO)c1ccc2c(c1)NC(=O)CO2. The van der Waals surface area contributed by atoms with Crippen molar-refractivity contribution in [1.29, 1.82) is 0 Å². The lowest BCUT2D eigenvalue weighted by Crippen LogP contribution is -2.26. The average molecular weight is 236 g/mol. The van der Waals surface area contributed by atoms with Gasteiger partial charge in [-0.2, -0.15) is 0 Å². The van der Waals surface area contributed by atoms with Crippen LogP contribution in [0.25, 0.3) is 0 Å². The van der Waals surface area contributed by atoms with Gasteiger partial charge in [-0.3, -0.25) is 4.79 Å². The van der Waals surface area contributed by atoms with E-state index in [9.17, 15) is 4.79 Å². The van der Waals surface area contributed by atoms with E-state index in [1.165, 1.54) is 0 Å². The molecule has 1 aromatic carbocycles. The largest absolute Gasteiger partial charge is 0.482 e. The minimum Gasteiger partial charge on any atom is -0.482 e. The van der Waals surface area contributed by atoms with Gasteiger partial charge in [0.1, 0.15) is 5.75 Å². The second kappa shape index (κ2) is 5.16. The van der Waals surface area contributed by atoms with E-state index in [0.29, 0.717) is 18.0 Å². The molecule has 0 spiro atoms. The molecule has 0 saturated heterocycles. The zero-order chi connectivity index (χ0) is 12.3. The number of ether oxygens (including phenoxy) is 1. The highest BCUT2D eigenvalue weighted by Gasteiger charge is 2.17. The molecule has 0 fully saturated rings. The van der Waals surface area contributed by atoms with Gasteiger partial charge in [-0.05, 0) is 24.6 Å². The summed E-state index contributed by atoms with van der Waals surface area (Å²) in [6, 6.07) is 5.81. The Bertz CT molecular complexity index is 420. The van der Waals surface area contributed by atoms with Gasteiger partial charge >= 0.3 is 0 Å². The van der Waals surface area contributed by atoms with Crippen molar-refractivity contribution in [2.75, 3.05) is 25.1 Å². The van der Waals surface area contributed by atoms with Crippen LogP contribution in [0.15, 0.2) is 18.2 Å². The molecule has 1 atom stereocenters. The molecule has 1 unspecified atom stereocenters. The number of rotatable bonds is 4. The molecule has 5 heteroatoms. The standard InChI is InChI=1S/C12H16N2O3/c1-8(13-4-5-15)9-2-3-11-10(6-9)14-12(16)7-17-11/h2-3,6,8,13,15H,4-5,7H2,1H3,(H,14,16). The minimum atomic E-state index is -0.134. The van der Waals surface area contributed by atoms with Crippen molar-refractivity contribution in [3.63, 3.8) is 0 Å². The highest BCUT2D eigenvalue weighted by Crippen LogP contribution is 2.30. The molecular weight excluding hydrogens is 220 g/mol. The van der Waals surface area contributed by atoms with E-state index >= 15 is 0 Å². The van der Waals surface area contributed by atoms with Gasteiger partial charge in [0, 0.05) is 12.6 Å². The fourth-order valence-corrected chi connectivity index (χ4v) is 1.77. The van der Waals surface area contributed by atoms with E-state index in [-0.39, 0.29) is 25.2 Å². The maximum absolute atomic E-state index is 11.2. The molecule has 1 aromatic rings. The predicted octanol–water partition coefficient (Wildman–Crippen LogP) is 0.660. The van der Waals surface area contributed by atoms with Gasteiger partial charge in [-0.25, -0.2) is 0 Å². The number of carbonyl (C=O) groups excluding carboxylic acids is 1. The van der Waals surface area contributed by atoms with Crippen molar-refractivity contribution in [2.24, 2.45) is 0 Å². The molecular formula is C12H16N2O3. The quantitative estimate of drug-likeness (QED) is 0.718. The van der Waals surface area contributed by atoms with Crippen LogP contribution in [-0.4, -0.2) is 30.8 Å². The molecule has 0 radical (unpaired) electrons. The number of anilines is 1. The number of hydrogen-bond donors (Lipinski definition) is 3. The third-order valence-electron chi connectivity index (χ3n) is 2.70. The highest BCUT2D eigenvalue weighted by molar-refractivity contribution is 5.95. The molecule has 3 N–H and O–H groups in total. The fraction of sp³-hybridized carbons (Fsp3) is 0.417. The minimum absolute atomic E-state index is 0.0741. The zero-order valence-corrected chi connectivity index (χ0v) is 9.69. The van der Waals surface area contributed by atoms with Gasteiger partial charge < -0.3 is 20.5 Å². The lowest BCUT2D eigenvalue weighted by molar-refractivity contribution is -0.118. The summed E-state index contributed by atoms with van der Waals surface area (Å²) in [6.45, 7) is 2.73. The van der Waals surface area contributed by atoms with Gasteiger partial charge in [0.05, 0.1) is 12.3 Å². The summed E-state index contributed by atoms with van der Waals surface area (Å²) in [4.78, 5) is 11.2. The Hall–Kier alpha value is -1.59. The molecule has 2 rings (SSSR count). The van der Waals surface area contributed by atoms with Crippen LogP contribution in [0.5, 0.6) is 5.75 Å². The monoisotopic (exact) mass is 236 g/mol. The predicted molar refractivity (Wildman–Crippen MR) is 64.1 cm³/mol. The second-order valence-corrected chi connectivity index (χ2v) is 3.99. The number of aliphatic hydroxyl groups excluding tert-OH is 1. The molecule has 1 amide bonds. The summed E-state index contributed by atoms with van der Waals surface area (Å²) >= 11 is 0. The lowest BCUT2D eigenvalue weighted by Gasteiger charge is -2.20. The van der Waals surface area contributed by atoms with Gasteiger partial charge in [0.15, 0.2) is 6.61 Å². The van der Waals surface area contributed by atoms with Crippen molar-refractivity contribution in [2.45, 2.75) is 13.0 Å². The zero-order valence-electron chi connectivity index (χ0n) is 9.69. The Balaban J connectivity index is 2.14. The topological polar surface area (TPSA) is 70.6 Å². The summed E-state index contributed by atoms with van der Waals surface area (Å²) < 4.78 is 5.28. The Morgan fingerprint density at radius 2 is 2.41 bits per heavy atom. The van der Waals surface area contributed by atoms with Crippen molar-refractivity contribution >= 4 is 11.6 Å². The van der Waals surface area contributed by atoms with E-state index in [1.807, 2.05) is 25.1 Å². The Kier molecular flexibility index (Phi) is 3.61. The maximum atomic E-state index is 11.2. The Labute approximate surface area is 99.8 Å². The van der Waals surface area contributed by atoms with E-state index in [0.717, 1.165) is 5.56 Å². The number of fused-ring (bicyclic) bond motifs is 1. The Morgan fingerprint density at radius 3 is 3.18 bits per heavy atom. The van der Waals surface area contributed by atoms with Crippen molar-refractivity contribution < 1.29 is 14.6 Å². The van der Waals surface area contributed by atoms with Crippen LogP contribution in [0, 0.1) is 0 Å². The van der Waals surface area contributed by atoms with Crippen LogP contribution in [0.4, 0.5) is 5.69 Å². The number of hydrogen-bond acceptors (Lipinski definition) is 4. The van der Waals surface area contributed by atoms with Crippen LogP contribution in [0.2, 0.25) is 0 Å². The first kappa shape index (κ1) is 11.9. The smallest absolute Gasteiger partial charge is 0.262 e. The van der Waals surface area contributed by atoms with Gasteiger partial charge in [-0.15, -0.1) is 0 Å². The molecule has 0 bridgehead atoms. The number of benzene rings is 1. The maximum Gasteiger partial charge on any atom is 0.262 e. The van der Waals surface area contributed by atoms with Crippen molar-refractivity contribution in [3.05, 3.63) is 23.8 Å². The molecule has 1 aliphatic rings. The molecule has 5 nitrogen and oxygen atoms in total. The van der Waals surface area contributed by atoms with Crippen LogP contribution in [0.3, 0.4) is 0 Å². The van der Waals surface area contributed by atoms with E-state index in [1.54, 1.807) is 0 Å². The summed E-state index contributed by atoms with van der Waals surface area (Å²) in [5.74, 6) is 0.563. The first-order chi connectivity index (χ1) is 8.20. The fourth-order valence-electron chi connectivity index (χ4n) is 1.77. The molecule has 1 aliphatic heterocycles. The molecule has 92 valence electrons. The van der Waals surface area contributed by atoms with Crippen molar-refractivity contribution in [3.8, 4) is 5.75 Å². The summed E-state index contributed by atoms with van der Waals surface area (Å²) in [5, 5.41) is 14.7. The number of nitrogens with one attached hydrogen (secondary N) is 2. The van der Waals surface area contributed by atoms with Gasteiger partial charge in [-0.1, -0.05) is 6.07 Å². The third kappa shape index (κ3) is 2.75.